The van der Waals surface area contributed by atoms with Gasteiger partial charge in [0.25, 0.3) is 0 Å². The molecule has 0 aliphatic carbocycles. The van der Waals surface area contributed by atoms with Gasteiger partial charge in [0, 0.05) is 15.2 Å². The molecule has 0 aromatic carbocycles. The van der Waals surface area contributed by atoms with Crippen LogP contribution in [0.4, 0.5) is 0 Å². The minimum atomic E-state index is -0.916. The Kier molecular flexibility index (Phi) is 5.18. The predicted molar refractivity (Wildman–Crippen MR) is 58.3 cm³/mol. The molecule has 0 aromatic rings. The van der Waals surface area contributed by atoms with Gasteiger partial charge in [-0.25, -0.2) is 0 Å². The van der Waals surface area contributed by atoms with E-state index in [1.807, 2.05) is 0 Å². The second kappa shape index (κ2) is 5.33. The Hall–Kier alpha value is -0.343. The van der Waals surface area contributed by atoms with Crippen molar-refractivity contribution in [2.24, 2.45) is 0 Å². The first-order chi connectivity index (χ1) is 5.45. The van der Waals surface area contributed by atoms with Gasteiger partial charge in [0.15, 0.2) is 0 Å². The number of ether oxygens (including phenoxy) is 1. The van der Waals surface area contributed by atoms with Crippen LogP contribution in [0.3, 0.4) is 0 Å². The number of rotatable bonds is 5. The molecule has 0 radical (unpaired) electrons. The minimum absolute atomic E-state index is 0.641. The van der Waals surface area contributed by atoms with Gasteiger partial charge in [-0.3, -0.25) is 0 Å². The van der Waals surface area contributed by atoms with Gasteiger partial charge in [-0.2, -0.15) is 0 Å². The van der Waals surface area contributed by atoms with E-state index < -0.39 is 8.07 Å². The highest BCUT2D eigenvalue weighted by molar-refractivity contribution is 6.76. The SMILES string of the molecule is C=C(/C=C/C[Si](C)(C)C)COC. The second-order valence-corrected chi connectivity index (χ2v) is 9.79. The molecule has 0 rings (SSSR count). The summed E-state index contributed by atoms with van der Waals surface area (Å²) in [6.07, 6.45) is 4.29. The first kappa shape index (κ1) is 11.7. The topological polar surface area (TPSA) is 9.23 Å². The van der Waals surface area contributed by atoms with Gasteiger partial charge in [-0.15, -0.1) is 0 Å². The lowest BCUT2D eigenvalue weighted by molar-refractivity contribution is 0.228. The summed E-state index contributed by atoms with van der Waals surface area (Å²) >= 11 is 0. The maximum absolute atomic E-state index is 4.95. The molecule has 0 amide bonds. The second-order valence-electron chi connectivity index (χ2n) is 4.26. The van der Waals surface area contributed by atoms with Gasteiger partial charge < -0.3 is 4.74 Å². The van der Waals surface area contributed by atoms with E-state index >= 15 is 0 Å². The molecular weight excluding hydrogens is 164 g/mol. The fourth-order valence-corrected chi connectivity index (χ4v) is 1.64. The average molecular weight is 184 g/mol. The third kappa shape index (κ3) is 7.76. The van der Waals surface area contributed by atoms with Crippen LogP contribution in [0.25, 0.3) is 0 Å². The summed E-state index contributed by atoms with van der Waals surface area (Å²) in [5, 5.41) is 0. The van der Waals surface area contributed by atoms with Gasteiger partial charge in [0.05, 0.1) is 6.61 Å². The molecule has 0 unspecified atom stereocenters. The lowest BCUT2D eigenvalue weighted by Gasteiger charge is -2.11. The van der Waals surface area contributed by atoms with Crippen LogP contribution in [0, 0.1) is 0 Å². The summed E-state index contributed by atoms with van der Waals surface area (Å²) in [7, 11) is 0.776. The van der Waals surface area contributed by atoms with Crippen LogP contribution in [0.5, 0.6) is 0 Å². The van der Waals surface area contributed by atoms with Crippen molar-refractivity contribution < 1.29 is 4.74 Å². The zero-order valence-electron chi connectivity index (χ0n) is 8.68. The van der Waals surface area contributed by atoms with Crippen molar-refractivity contribution in [1.82, 2.24) is 0 Å². The molecule has 0 aliphatic heterocycles. The highest BCUT2D eigenvalue weighted by atomic mass is 28.3. The maximum atomic E-state index is 4.95. The van der Waals surface area contributed by atoms with E-state index in [4.69, 9.17) is 4.74 Å². The fourth-order valence-electron chi connectivity index (χ4n) is 0.813. The van der Waals surface area contributed by atoms with Crippen molar-refractivity contribution in [2.45, 2.75) is 25.7 Å². The van der Waals surface area contributed by atoms with Crippen molar-refractivity contribution in [1.29, 1.82) is 0 Å². The summed E-state index contributed by atoms with van der Waals surface area (Å²) in [5.41, 5.74) is 1.05. The van der Waals surface area contributed by atoms with E-state index in [2.05, 4.69) is 38.4 Å². The molecule has 2 heteroatoms. The molecule has 0 aromatic heterocycles. The first-order valence-electron chi connectivity index (χ1n) is 4.29. The van der Waals surface area contributed by atoms with Crippen molar-refractivity contribution >= 4 is 8.07 Å². The lowest BCUT2D eigenvalue weighted by Crippen LogP contribution is -2.17. The molecule has 1 nitrogen and oxygen atoms in total. The monoisotopic (exact) mass is 184 g/mol. The van der Waals surface area contributed by atoms with E-state index in [0.717, 1.165) is 5.57 Å². The van der Waals surface area contributed by atoms with Crippen molar-refractivity contribution in [3.8, 4) is 0 Å². The third-order valence-corrected chi connectivity index (χ3v) is 2.87. The normalized spacial score (nSPS) is 12.3. The molecule has 0 atom stereocenters. The highest BCUT2D eigenvalue weighted by Crippen LogP contribution is 2.09. The Morgan fingerprint density at radius 3 is 2.42 bits per heavy atom. The quantitative estimate of drug-likeness (QED) is 0.471. The van der Waals surface area contributed by atoms with Crippen LogP contribution in [0.2, 0.25) is 25.7 Å². The molecule has 0 spiro atoms. The van der Waals surface area contributed by atoms with Gasteiger partial charge in [0.2, 0.25) is 0 Å². The zero-order valence-corrected chi connectivity index (χ0v) is 9.68. The fraction of sp³-hybridized carbons (Fsp3) is 0.600. The van der Waals surface area contributed by atoms with E-state index in [9.17, 15) is 0 Å². The maximum Gasteiger partial charge on any atom is 0.0707 e. The molecule has 0 heterocycles. The van der Waals surface area contributed by atoms with Crippen LogP contribution >= 0.6 is 0 Å². The first-order valence-corrected chi connectivity index (χ1v) is 7.99. The van der Waals surface area contributed by atoms with Gasteiger partial charge in [-0.1, -0.05) is 38.4 Å². The Morgan fingerprint density at radius 1 is 1.42 bits per heavy atom. The van der Waals surface area contributed by atoms with E-state index in [0.29, 0.717) is 6.61 Å². The molecular formula is C10H20OSi. The lowest BCUT2D eigenvalue weighted by atomic mass is 10.3. The number of methoxy groups -OCH3 is 1. The molecule has 0 bridgehead atoms. The Bertz CT molecular complexity index is 165. The average Bonchev–Trinajstić information content (AvgIpc) is 1.84. The number of hydrogen-bond acceptors (Lipinski definition) is 1. The smallest absolute Gasteiger partial charge is 0.0707 e. The highest BCUT2D eigenvalue weighted by Gasteiger charge is 2.09. The van der Waals surface area contributed by atoms with E-state index in [1.165, 1.54) is 6.04 Å². The molecule has 0 saturated carbocycles. The van der Waals surface area contributed by atoms with Crippen LogP contribution in [-0.4, -0.2) is 21.8 Å². The number of hydrogen-bond donors (Lipinski definition) is 0. The molecule has 0 aliphatic rings. The van der Waals surface area contributed by atoms with Crippen molar-refractivity contribution in [3.63, 3.8) is 0 Å². The molecule has 12 heavy (non-hydrogen) atoms. The van der Waals surface area contributed by atoms with Crippen LogP contribution < -0.4 is 0 Å². The van der Waals surface area contributed by atoms with Crippen LogP contribution in [0.1, 0.15) is 0 Å². The van der Waals surface area contributed by atoms with Crippen LogP contribution in [-0.2, 0) is 4.74 Å². The largest absolute Gasteiger partial charge is 0.380 e. The molecule has 0 N–H and O–H groups in total. The van der Waals surface area contributed by atoms with E-state index in [1.54, 1.807) is 7.11 Å². The van der Waals surface area contributed by atoms with Gasteiger partial charge >= 0.3 is 0 Å². The summed E-state index contributed by atoms with van der Waals surface area (Å²) in [6.45, 7) is 11.6. The number of allylic oxidation sites excluding steroid dienone is 1. The van der Waals surface area contributed by atoms with Gasteiger partial charge in [-0.05, 0) is 11.6 Å². The summed E-state index contributed by atoms with van der Waals surface area (Å²) < 4.78 is 4.95. The van der Waals surface area contributed by atoms with Crippen LogP contribution in [0.15, 0.2) is 24.3 Å². The van der Waals surface area contributed by atoms with Gasteiger partial charge in [0.1, 0.15) is 0 Å². The van der Waals surface area contributed by atoms with Crippen molar-refractivity contribution in [3.05, 3.63) is 24.3 Å². The molecule has 0 fully saturated rings. The zero-order chi connectivity index (χ0) is 9.61. The summed E-state index contributed by atoms with van der Waals surface area (Å²) in [6, 6.07) is 1.22. The molecule has 70 valence electrons. The van der Waals surface area contributed by atoms with E-state index in [-0.39, 0.29) is 0 Å². The van der Waals surface area contributed by atoms with Crippen molar-refractivity contribution in [2.75, 3.05) is 13.7 Å². The third-order valence-electron chi connectivity index (χ3n) is 1.41. The predicted octanol–water partition coefficient (Wildman–Crippen LogP) is 3.08. The minimum Gasteiger partial charge on any atom is -0.380 e. The molecule has 0 saturated heterocycles. The summed E-state index contributed by atoms with van der Waals surface area (Å²) in [4.78, 5) is 0. The Morgan fingerprint density at radius 2 is 2.00 bits per heavy atom. The standard InChI is InChI=1S/C10H20OSi/c1-10(9-11-2)7-6-8-12(3,4)5/h6-7H,1,8-9H2,2-5H3/b7-6+. The Labute approximate surface area is 77.1 Å². The summed E-state index contributed by atoms with van der Waals surface area (Å²) in [5.74, 6) is 0. The Balaban J connectivity index is 3.69.